The molecule has 0 unspecified atom stereocenters. The van der Waals surface area contributed by atoms with Crippen LogP contribution in [0.2, 0.25) is 5.02 Å². The first kappa shape index (κ1) is 17.6. The van der Waals surface area contributed by atoms with Gasteiger partial charge in [-0.25, -0.2) is 0 Å². The quantitative estimate of drug-likeness (QED) is 0.416. The van der Waals surface area contributed by atoms with E-state index < -0.39 is 0 Å². The highest BCUT2D eigenvalue weighted by molar-refractivity contribution is 7.99. The third-order valence-electron chi connectivity index (χ3n) is 3.22. The summed E-state index contributed by atoms with van der Waals surface area (Å²) in [6, 6.07) is 15.1. The van der Waals surface area contributed by atoms with Gasteiger partial charge in [0.05, 0.1) is 6.61 Å². The minimum Gasteiger partial charge on any atom is -0.493 e. The Morgan fingerprint density at radius 3 is 2.40 bits per heavy atom. The first-order chi connectivity index (χ1) is 12.2. The molecule has 0 bridgehead atoms. The number of rotatable bonds is 8. The molecule has 0 aliphatic rings. The highest BCUT2D eigenvalue weighted by Crippen LogP contribution is 2.19. The van der Waals surface area contributed by atoms with E-state index in [4.69, 9.17) is 25.5 Å². The average molecular weight is 377 g/mol. The van der Waals surface area contributed by atoms with Crippen molar-refractivity contribution in [2.75, 3.05) is 12.4 Å². The van der Waals surface area contributed by atoms with Crippen LogP contribution in [0.3, 0.4) is 0 Å². The summed E-state index contributed by atoms with van der Waals surface area (Å²) in [5.41, 5.74) is 1.18. The van der Waals surface area contributed by atoms with Gasteiger partial charge in [-0.1, -0.05) is 41.1 Å². The first-order valence-electron chi connectivity index (χ1n) is 7.72. The number of nitrogens with zero attached hydrogens (tertiary/aromatic N) is 2. The summed E-state index contributed by atoms with van der Waals surface area (Å²) in [5.74, 6) is 2.70. The number of hydrogen-bond donors (Lipinski definition) is 0. The van der Waals surface area contributed by atoms with Crippen LogP contribution in [0.1, 0.15) is 11.5 Å². The number of halogens is 1. The predicted octanol–water partition coefficient (Wildman–Crippen LogP) is 4.78. The van der Waals surface area contributed by atoms with Gasteiger partial charge in [0.15, 0.2) is 6.61 Å². The number of ether oxygens (including phenoxy) is 2. The molecule has 130 valence electrons. The molecule has 25 heavy (non-hydrogen) atoms. The smallest absolute Gasteiger partial charge is 0.276 e. The van der Waals surface area contributed by atoms with Gasteiger partial charge < -0.3 is 13.9 Å². The molecule has 3 aromatic rings. The van der Waals surface area contributed by atoms with E-state index in [2.05, 4.69) is 10.2 Å². The second kappa shape index (κ2) is 8.78. The van der Waals surface area contributed by atoms with E-state index in [-0.39, 0.29) is 6.61 Å². The van der Waals surface area contributed by atoms with Crippen LogP contribution in [-0.2, 0) is 6.61 Å². The van der Waals surface area contributed by atoms with Gasteiger partial charge in [-0.2, -0.15) is 0 Å². The molecular weight excluding hydrogens is 360 g/mol. The number of benzene rings is 2. The topological polar surface area (TPSA) is 57.4 Å². The average Bonchev–Trinajstić information content (AvgIpc) is 3.08. The van der Waals surface area contributed by atoms with E-state index in [9.17, 15) is 0 Å². The van der Waals surface area contributed by atoms with Crippen molar-refractivity contribution in [2.45, 2.75) is 18.8 Å². The van der Waals surface area contributed by atoms with Crippen molar-refractivity contribution in [3.05, 3.63) is 65.0 Å². The van der Waals surface area contributed by atoms with Crippen LogP contribution in [0, 0.1) is 6.92 Å². The van der Waals surface area contributed by atoms with Crippen molar-refractivity contribution in [3.8, 4) is 11.5 Å². The molecule has 0 spiro atoms. The number of hydrogen-bond acceptors (Lipinski definition) is 6. The summed E-state index contributed by atoms with van der Waals surface area (Å²) in [6.45, 7) is 2.81. The molecule has 7 heteroatoms. The lowest BCUT2D eigenvalue weighted by atomic mass is 10.2. The Bertz CT molecular complexity index is 791. The van der Waals surface area contributed by atoms with Crippen LogP contribution < -0.4 is 9.47 Å². The number of thioether (sulfide) groups is 1. The van der Waals surface area contributed by atoms with E-state index in [1.165, 1.54) is 17.3 Å². The third kappa shape index (κ3) is 5.69. The van der Waals surface area contributed by atoms with E-state index in [0.717, 1.165) is 11.5 Å². The monoisotopic (exact) mass is 376 g/mol. The lowest BCUT2D eigenvalue weighted by Crippen LogP contribution is -1.99. The molecule has 0 aliphatic carbocycles. The molecule has 0 saturated heterocycles. The fourth-order valence-electron chi connectivity index (χ4n) is 1.95. The van der Waals surface area contributed by atoms with Crippen molar-refractivity contribution in [1.29, 1.82) is 0 Å². The van der Waals surface area contributed by atoms with Gasteiger partial charge in [-0.05, 0) is 43.3 Å². The summed E-state index contributed by atoms with van der Waals surface area (Å²) in [6.07, 6.45) is 0. The van der Waals surface area contributed by atoms with Crippen molar-refractivity contribution >= 4 is 23.4 Å². The molecule has 0 N–H and O–H groups in total. The highest BCUT2D eigenvalue weighted by atomic mass is 35.5. The first-order valence-corrected chi connectivity index (χ1v) is 9.08. The predicted molar refractivity (Wildman–Crippen MR) is 97.5 cm³/mol. The second-order valence-corrected chi connectivity index (χ2v) is 6.70. The summed E-state index contributed by atoms with van der Waals surface area (Å²) in [5, 5.41) is 9.16. The van der Waals surface area contributed by atoms with Crippen molar-refractivity contribution in [2.24, 2.45) is 0 Å². The molecule has 0 atom stereocenters. The highest BCUT2D eigenvalue weighted by Gasteiger charge is 2.07. The summed E-state index contributed by atoms with van der Waals surface area (Å²) in [4.78, 5) is 0. The summed E-state index contributed by atoms with van der Waals surface area (Å²) >= 11 is 7.27. The molecular formula is C18H17ClN2O3S. The fraction of sp³-hybridized carbons (Fsp3) is 0.222. The second-order valence-electron chi connectivity index (χ2n) is 5.21. The number of aryl methyl sites for hydroxylation is 1. The van der Waals surface area contributed by atoms with E-state index in [0.29, 0.717) is 28.5 Å². The summed E-state index contributed by atoms with van der Waals surface area (Å²) < 4.78 is 16.8. The van der Waals surface area contributed by atoms with Gasteiger partial charge in [-0.15, -0.1) is 10.2 Å². The molecule has 1 heterocycles. The molecule has 2 aromatic carbocycles. The largest absolute Gasteiger partial charge is 0.493 e. The molecule has 0 amide bonds. The van der Waals surface area contributed by atoms with Gasteiger partial charge in [0.25, 0.3) is 11.1 Å². The molecule has 3 rings (SSSR count). The minimum atomic E-state index is 0.248. The zero-order valence-electron chi connectivity index (χ0n) is 13.6. The van der Waals surface area contributed by atoms with Gasteiger partial charge in [0.2, 0.25) is 0 Å². The standard InChI is InChI=1S/C18H17ClN2O3S/c1-13-2-6-16(7-3-13)23-12-17-20-21-18(24-17)25-11-10-22-15-8-4-14(19)5-9-15/h2-9H,10-12H2,1H3. The zero-order valence-corrected chi connectivity index (χ0v) is 15.2. The zero-order chi connectivity index (χ0) is 17.5. The Labute approximate surface area is 155 Å². The lowest BCUT2D eigenvalue weighted by Gasteiger charge is -2.04. The van der Waals surface area contributed by atoms with E-state index in [1.54, 1.807) is 12.1 Å². The van der Waals surface area contributed by atoms with Gasteiger partial charge >= 0.3 is 0 Å². The third-order valence-corrected chi connectivity index (χ3v) is 4.26. The Morgan fingerprint density at radius 2 is 1.64 bits per heavy atom. The fourth-order valence-corrected chi connectivity index (χ4v) is 2.67. The molecule has 5 nitrogen and oxygen atoms in total. The molecule has 0 saturated carbocycles. The minimum absolute atomic E-state index is 0.248. The van der Waals surface area contributed by atoms with Crippen LogP contribution in [0.15, 0.2) is 58.2 Å². The van der Waals surface area contributed by atoms with Crippen molar-refractivity contribution in [3.63, 3.8) is 0 Å². The normalized spacial score (nSPS) is 10.6. The molecule has 0 aliphatic heterocycles. The van der Waals surface area contributed by atoms with Crippen LogP contribution in [0.5, 0.6) is 11.5 Å². The van der Waals surface area contributed by atoms with Gasteiger partial charge in [0.1, 0.15) is 11.5 Å². The van der Waals surface area contributed by atoms with Crippen LogP contribution >= 0.6 is 23.4 Å². The maximum atomic E-state index is 5.83. The van der Waals surface area contributed by atoms with Crippen LogP contribution in [-0.4, -0.2) is 22.6 Å². The van der Waals surface area contributed by atoms with E-state index in [1.807, 2.05) is 43.3 Å². The Hall–Kier alpha value is -2.18. The summed E-state index contributed by atoms with van der Waals surface area (Å²) in [7, 11) is 0. The molecule has 1 aromatic heterocycles. The Balaban J connectivity index is 1.39. The van der Waals surface area contributed by atoms with Gasteiger partial charge in [-0.3, -0.25) is 0 Å². The Kier molecular flexibility index (Phi) is 6.19. The maximum Gasteiger partial charge on any atom is 0.276 e. The van der Waals surface area contributed by atoms with Crippen LogP contribution in [0.4, 0.5) is 0 Å². The van der Waals surface area contributed by atoms with Crippen molar-refractivity contribution in [1.82, 2.24) is 10.2 Å². The van der Waals surface area contributed by atoms with Crippen LogP contribution in [0.25, 0.3) is 0 Å². The van der Waals surface area contributed by atoms with E-state index >= 15 is 0 Å². The maximum absolute atomic E-state index is 5.83. The lowest BCUT2D eigenvalue weighted by molar-refractivity contribution is 0.252. The molecule has 0 fully saturated rings. The van der Waals surface area contributed by atoms with Crippen molar-refractivity contribution < 1.29 is 13.9 Å². The number of aromatic nitrogens is 2. The molecule has 0 radical (unpaired) electrons. The van der Waals surface area contributed by atoms with Gasteiger partial charge in [0, 0.05) is 10.8 Å². The SMILES string of the molecule is Cc1ccc(OCc2nnc(SCCOc3ccc(Cl)cc3)o2)cc1. The Morgan fingerprint density at radius 1 is 0.960 bits per heavy atom.